The van der Waals surface area contributed by atoms with Gasteiger partial charge < -0.3 is 19.5 Å². The summed E-state index contributed by atoms with van der Waals surface area (Å²) in [4.78, 5) is 4.70. The molecule has 0 amide bonds. The number of thiazole rings is 1. The Morgan fingerprint density at radius 2 is 2.26 bits per heavy atom. The molecule has 2 aliphatic rings. The Balaban J connectivity index is 1.37. The Hall–Kier alpha value is -1.63. The molecule has 2 aliphatic heterocycles. The number of fused-ring (bicyclic) bond motifs is 1. The van der Waals surface area contributed by atoms with Gasteiger partial charge in [-0.25, -0.2) is 4.98 Å². The van der Waals surface area contributed by atoms with Crippen LogP contribution in [0.4, 0.5) is 0 Å². The van der Waals surface area contributed by atoms with Gasteiger partial charge in [-0.1, -0.05) is 6.07 Å². The second-order valence-corrected chi connectivity index (χ2v) is 6.78. The number of hydrogen-bond donors (Lipinski definition) is 1. The zero-order chi connectivity index (χ0) is 15.6. The predicted molar refractivity (Wildman–Crippen MR) is 87.9 cm³/mol. The Morgan fingerprint density at radius 3 is 3.13 bits per heavy atom. The van der Waals surface area contributed by atoms with Gasteiger partial charge in [-0.15, -0.1) is 11.3 Å². The summed E-state index contributed by atoms with van der Waals surface area (Å²) in [6.45, 7) is 4.06. The van der Waals surface area contributed by atoms with Gasteiger partial charge in [-0.05, 0) is 37.5 Å². The van der Waals surface area contributed by atoms with Crippen LogP contribution in [0.2, 0.25) is 0 Å². The molecule has 2 atom stereocenters. The van der Waals surface area contributed by atoms with Crippen LogP contribution in [0.3, 0.4) is 0 Å². The van der Waals surface area contributed by atoms with Gasteiger partial charge in [0.25, 0.3) is 0 Å². The monoisotopic (exact) mass is 332 g/mol. The smallest absolute Gasteiger partial charge is 0.231 e. The topological polar surface area (TPSA) is 52.6 Å². The predicted octanol–water partition coefficient (Wildman–Crippen LogP) is 3.57. The van der Waals surface area contributed by atoms with E-state index in [2.05, 4.69) is 23.7 Å². The summed E-state index contributed by atoms with van der Waals surface area (Å²) in [5.41, 5.74) is 2.26. The first-order valence-corrected chi connectivity index (χ1v) is 8.86. The minimum absolute atomic E-state index is 0.208. The molecule has 6 heteroatoms. The molecule has 0 saturated carbocycles. The molecule has 1 N–H and O–H groups in total. The van der Waals surface area contributed by atoms with Crippen molar-refractivity contribution in [2.45, 2.75) is 38.5 Å². The van der Waals surface area contributed by atoms with Crippen molar-refractivity contribution in [2.24, 2.45) is 0 Å². The number of nitrogens with one attached hydrogen (secondary N) is 1. The van der Waals surface area contributed by atoms with Gasteiger partial charge >= 0.3 is 0 Å². The molecule has 1 saturated heterocycles. The molecule has 0 spiro atoms. The van der Waals surface area contributed by atoms with E-state index in [1.807, 2.05) is 12.1 Å². The highest BCUT2D eigenvalue weighted by Crippen LogP contribution is 2.34. The van der Waals surface area contributed by atoms with E-state index in [4.69, 9.17) is 19.2 Å². The Bertz CT molecular complexity index is 682. The molecule has 2 aromatic rings. The number of ether oxygens (including phenoxy) is 3. The van der Waals surface area contributed by atoms with Crippen molar-refractivity contribution in [1.29, 1.82) is 0 Å². The average molecular weight is 332 g/mol. The highest BCUT2D eigenvalue weighted by Gasteiger charge is 2.21. The van der Waals surface area contributed by atoms with Crippen LogP contribution in [0, 0.1) is 0 Å². The molecule has 0 bridgehead atoms. The number of rotatable bonds is 5. The summed E-state index contributed by atoms with van der Waals surface area (Å²) >= 11 is 1.70. The third kappa shape index (κ3) is 3.20. The molecule has 4 rings (SSSR count). The van der Waals surface area contributed by atoms with Crippen LogP contribution >= 0.6 is 11.3 Å². The van der Waals surface area contributed by atoms with E-state index in [0.29, 0.717) is 6.79 Å². The molecule has 23 heavy (non-hydrogen) atoms. The van der Waals surface area contributed by atoms with E-state index in [1.54, 1.807) is 11.3 Å². The van der Waals surface area contributed by atoms with Crippen molar-refractivity contribution in [1.82, 2.24) is 10.3 Å². The van der Waals surface area contributed by atoms with E-state index >= 15 is 0 Å². The van der Waals surface area contributed by atoms with Crippen LogP contribution in [-0.2, 0) is 11.3 Å². The average Bonchev–Trinajstić information content (AvgIpc) is 3.32. The van der Waals surface area contributed by atoms with Gasteiger partial charge in [-0.2, -0.15) is 0 Å². The van der Waals surface area contributed by atoms with Crippen molar-refractivity contribution in [2.75, 3.05) is 13.4 Å². The molecule has 0 aliphatic carbocycles. The van der Waals surface area contributed by atoms with Gasteiger partial charge in [0, 0.05) is 24.6 Å². The molecular formula is C17H20N2O3S. The van der Waals surface area contributed by atoms with Crippen molar-refractivity contribution >= 4 is 11.3 Å². The van der Waals surface area contributed by atoms with Gasteiger partial charge in [-0.3, -0.25) is 0 Å². The molecule has 3 heterocycles. The normalized spacial score (nSPS) is 20.8. The minimum atomic E-state index is 0.208. The van der Waals surface area contributed by atoms with Crippen molar-refractivity contribution < 1.29 is 14.2 Å². The van der Waals surface area contributed by atoms with E-state index < -0.39 is 0 Å². The highest BCUT2D eigenvalue weighted by atomic mass is 32.1. The van der Waals surface area contributed by atoms with Crippen LogP contribution in [0.5, 0.6) is 11.5 Å². The Morgan fingerprint density at radius 1 is 1.35 bits per heavy atom. The molecule has 122 valence electrons. The third-order valence-corrected chi connectivity index (χ3v) is 5.25. The van der Waals surface area contributed by atoms with Crippen LogP contribution in [0.1, 0.15) is 48.2 Å². The van der Waals surface area contributed by atoms with Crippen LogP contribution in [0.15, 0.2) is 23.6 Å². The quantitative estimate of drug-likeness (QED) is 0.907. The van der Waals surface area contributed by atoms with E-state index in [0.717, 1.165) is 48.2 Å². The summed E-state index contributed by atoms with van der Waals surface area (Å²) in [6, 6.07) is 6.30. The molecule has 1 aromatic carbocycles. The first kappa shape index (κ1) is 14.9. The molecule has 1 fully saturated rings. The third-order valence-electron chi connectivity index (χ3n) is 4.26. The highest BCUT2D eigenvalue weighted by molar-refractivity contribution is 7.09. The zero-order valence-electron chi connectivity index (χ0n) is 13.1. The summed E-state index contributed by atoms with van der Waals surface area (Å²) in [5.74, 6) is 1.65. The summed E-state index contributed by atoms with van der Waals surface area (Å²) in [5, 5.41) is 6.75. The second kappa shape index (κ2) is 6.47. The van der Waals surface area contributed by atoms with E-state index in [9.17, 15) is 0 Å². The van der Waals surface area contributed by atoms with Gasteiger partial charge in [0.2, 0.25) is 6.79 Å². The number of nitrogens with zero attached hydrogens (tertiary/aromatic N) is 1. The number of aromatic nitrogens is 1. The van der Waals surface area contributed by atoms with Crippen molar-refractivity contribution in [3.05, 3.63) is 39.8 Å². The van der Waals surface area contributed by atoms with Crippen LogP contribution in [-0.4, -0.2) is 18.4 Å². The lowest BCUT2D eigenvalue weighted by atomic mass is 10.1. The minimum Gasteiger partial charge on any atom is -0.454 e. The summed E-state index contributed by atoms with van der Waals surface area (Å²) in [6.07, 6.45) is 2.44. The maximum Gasteiger partial charge on any atom is 0.231 e. The molecular weight excluding hydrogens is 312 g/mol. The van der Waals surface area contributed by atoms with Crippen molar-refractivity contribution in [3.8, 4) is 11.5 Å². The van der Waals surface area contributed by atoms with Crippen molar-refractivity contribution in [3.63, 3.8) is 0 Å². The number of hydrogen-bond acceptors (Lipinski definition) is 6. The fourth-order valence-corrected chi connectivity index (χ4v) is 3.78. The molecule has 0 radical (unpaired) electrons. The fourth-order valence-electron chi connectivity index (χ4n) is 2.88. The lowest BCUT2D eigenvalue weighted by Gasteiger charge is -2.14. The van der Waals surface area contributed by atoms with E-state index in [-0.39, 0.29) is 12.1 Å². The first-order valence-electron chi connectivity index (χ1n) is 7.98. The Kier molecular flexibility index (Phi) is 4.20. The summed E-state index contributed by atoms with van der Waals surface area (Å²) < 4.78 is 16.5. The maximum atomic E-state index is 5.69. The maximum absolute atomic E-state index is 5.69. The van der Waals surface area contributed by atoms with Gasteiger partial charge in [0.1, 0.15) is 11.1 Å². The lowest BCUT2D eigenvalue weighted by molar-refractivity contribution is 0.111. The standard InChI is InChI=1S/C17H20N2O3S/c1-11(12-4-5-14-16(7-12)22-10-21-14)18-8-13-9-23-17(19-13)15-3-2-6-20-15/h4-5,7,9,11,15,18H,2-3,6,8,10H2,1H3/t11-,15+/m0/s1. The van der Waals surface area contributed by atoms with Gasteiger partial charge in [0.05, 0.1) is 5.69 Å². The fraction of sp³-hybridized carbons (Fsp3) is 0.471. The number of benzene rings is 1. The van der Waals surface area contributed by atoms with Crippen LogP contribution < -0.4 is 14.8 Å². The van der Waals surface area contributed by atoms with Crippen LogP contribution in [0.25, 0.3) is 0 Å². The first-order chi connectivity index (χ1) is 11.3. The molecule has 5 nitrogen and oxygen atoms in total. The Labute approximate surface area is 139 Å². The van der Waals surface area contributed by atoms with Gasteiger partial charge in [0.15, 0.2) is 11.5 Å². The molecule has 0 unspecified atom stereocenters. The second-order valence-electron chi connectivity index (χ2n) is 5.89. The SMILES string of the molecule is C[C@H](NCc1csc([C@H]2CCCO2)n1)c1ccc2c(c1)OCO2. The largest absolute Gasteiger partial charge is 0.454 e. The van der Waals surface area contributed by atoms with E-state index in [1.165, 1.54) is 5.56 Å². The lowest BCUT2D eigenvalue weighted by Crippen LogP contribution is -2.18. The molecule has 1 aromatic heterocycles. The zero-order valence-corrected chi connectivity index (χ0v) is 13.9. The summed E-state index contributed by atoms with van der Waals surface area (Å²) in [7, 11) is 0.